The minimum absolute atomic E-state index is 0.0400. The number of aryl methyl sites for hydroxylation is 1. The van der Waals surface area contributed by atoms with E-state index >= 15 is 0 Å². The van der Waals surface area contributed by atoms with Gasteiger partial charge in [0.2, 0.25) is 5.88 Å². The molecule has 1 amide bonds. The van der Waals surface area contributed by atoms with Gasteiger partial charge in [0, 0.05) is 37.0 Å². The summed E-state index contributed by atoms with van der Waals surface area (Å²) in [5, 5.41) is 8.44. The molecular formula is C22H28N6O3. The van der Waals surface area contributed by atoms with E-state index in [1.807, 2.05) is 43.3 Å². The third kappa shape index (κ3) is 4.46. The molecule has 164 valence electrons. The summed E-state index contributed by atoms with van der Waals surface area (Å²) in [6.45, 7) is 1.88. The number of carbonyl (C=O) groups excluding carboxylic acids is 1. The number of para-hydroxylation sites is 1. The van der Waals surface area contributed by atoms with Crippen LogP contribution in [0.4, 0.5) is 0 Å². The predicted molar refractivity (Wildman–Crippen MR) is 118 cm³/mol. The second-order valence-corrected chi connectivity index (χ2v) is 8.10. The van der Waals surface area contributed by atoms with Crippen molar-refractivity contribution in [2.75, 3.05) is 27.7 Å². The lowest BCUT2D eigenvalue weighted by atomic mass is 10.1. The molecule has 1 aliphatic rings. The van der Waals surface area contributed by atoms with Gasteiger partial charge >= 0.3 is 5.69 Å². The fourth-order valence-electron chi connectivity index (χ4n) is 3.92. The van der Waals surface area contributed by atoms with Crippen LogP contribution in [0.1, 0.15) is 29.0 Å². The molecule has 0 fully saturated rings. The number of pyridine rings is 1. The van der Waals surface area contributed by atoms with Gasteiger partial charge in [-0.2, -0.15) is 5.10 Å². The summed E-state index contributed by atoms with van der Waals surface area (Å²) in [5.74, 6) is 1.03. The molecule has 9 nitrogen and oxygen atoms in total. The number of hydrogen-bond acceptors (Lipinski definition) is 6. The number of likely N-dealkylation sites (N-methyl/N-ethyl adjacent to an activating group) is 1. The van der Waals surface area contributed by atoms with Crippen molar-refractivity contribution >= 4 is 16.8 Å². The Morgan fingerprint density at radius 1 is 1.29 bits per heavy atom. The Labute approximate surface area is 180 Å². The average Bonchev–Trinajstić information content (AvgIpc) is 2.93. The number of nitrogens with zero attached hydrogens (tertiary/aromatic N) is 5. The van der Waals surface area contributed by atoms with Crippen molar-refractivity contribution in [2.45, 2.75) is 38.4 Å². The fourth-order valence-corrected chi connectivity index (χ4v) is 3.92. The zero-order valence-corrected chi connectivity index (χ0v) is 18.2. The predicted octanol–water partition coefficient (Wildman–Crippen LogP) is 1.30. The Hall–Kier alpha value is -3.20. The zero-order chi connectivity index (χ0) is 22.0. The molecule has 0 saturated heterocycles. The largest absolute Gasteiger partial charge is 0.481 e. The van der Waals surface area contributed by atoms with E-state index in [0.717, 1.165) is 24.2 Å². The van der Waals surface area contributed by atoms with E-state index in [1.54, 1.807) is 15.3 Å². The first-order valence-electron chi connectivity index (χ1n) is 10.5. The molecule has 1 N–H and O–H groups in total. The topological polar surface area (TPSA) is 94.3 Å². The number of methoxy groups -OCH3 is 1. The molecule has 2 aromatic heterocycles. The first kappa shape index (κ1) is 21.0. The first-order chi connectivity index (χ1) is 15.0. The number of nitrogens with one attached hydrogen (secondary N) is 1. The molecule has 3 heterocycles. The van der Waals surface area contributed by atoms with Crippen LogP contribution >= 0.6 is 0 Å². The summed E-state index contributed by atoms with van der Waals surface area (Å²) in [7, 11) is 5.48. The van der Waals surface area contributed by atoms with Crippen molar-refractivity contribution in [1.29, 1.82) is 0 Å². The third-order valence-corrected chi connectivity index (χ3v) is 5.66. The average molecular weight is 425 g/mol. The molecule has 0 radical (unpaired) electrons. The van der Waals surface area contributed by atoms with Gasteiger partial charge in [0.15, 0.2) is 0 Å². The Bertz CT molecular complexity index is 1150. The van der Waals surface area contributed by atoms with E-state index in [1.165, 1.54) is 7.11 Å². The van der Waals surface area contributed by atoms with Gasteiger partial charge in [-0.1, -0.05) is 18.2 Å². The number of ether oxygens (including phenoxy) is 1. The molecule has 9 heteroatoms. The van der Waals surface area contributed by atoms with Crippen molar-refractivity contribution in [3.63, 3.8) is 0 Å². The summed E-state index contributed by atoms with van der Waals surface area (Å²) in [4.78, 5) is 32.2. The van der Waals surface area contributed by atoms with Crippen LogP contribution in [-0.2, 0) is 19.5 Å². The van der Waals surface area contributed by atoms with Gasteiger partial charge in [-0.15, -0.1) is 0 Å². The molecule has 4 rings (SSSR count). The van der Waals surface area contributed by atoms with E-state index in [9.17, 15) is 9.59 Å². The summed E-state index contributed by atoms with van der Waals surface area (Å²) >= 11 is 0. The highest BCUT2D eigenvalue weighted by Gasteiger charge is 2.23. The second-order valence-electron chi connectivity index (χ2n) is 8.10. The third-order valence-electron chi connectivity index (χ3n) is 5.66. The Kier molecular flexibility index (Phi) is 6.03. The van der Waals surface area contributed by atoms with Gasteiger partial charge in [-0.25, -0.2) is 14.5 Å². The summed E-state index contributed by atoms with van der Waals surface area (Å²) in [5.41, 5.74) is 1.18. The quantitative estimate of drug-likeness (QED) is 0.641. The molecule has 3 aromatic rings. The van der Waals surface area contributed by atoms with Crippen LogP contribution in [0.15, 0.2) is 35.1 Å². The number of amides is 1. The van der Waals surface area contributed by atoms with Crippen LogP contribution in [0.5, 0.6) is 5.88 Å². The second kappa shape index (κ2) is 8.89. The van der Waals surface area contributed by atoms with E-state index < -0.39 is 0 Å². The van der Waals surface area contributed by atoms with E-state index in [4.69, 9.17) is 4.74 Å². The van der Waals surface area contributed by atoms with Gasteiger partial charge in [0.1, 0.15) is 5.82 Å². The summed E-state index contributed by atoms with van der Waals surface area (Å²) < 4.78 is 8.56. The van der Waals surface area contributed by atoms with Crippen LogP contribution in [-0.4, -0.2) is 63.9 Å². The first-order valence-corrected chi connectivity index (χ1v) is 10.5. The lowest BCUT2D eigenvalue weighted by molar-refractivity contribution is 0.0934. The maximum absolute atomic E-state index is 13.1. The number of aromatic nitrogens is 4. The monoisotopic (exact) mass is 424 g/mol. The normalized spacial score (nSPS) is 16.2. The maximum Gasteiger partial charge on any atom is 0.345 e. The molecule has 31 heavy (non-hydrogen) atoms. The molecule has 0 bridgehead atoms. The van der Waals surface area contributed by atoms with Gasteiger partial charge in [0.25, 0.3) is 5.91 Å². The minimum atomic E-state index is -0.162. The Morgan fingerprint density at radius 3 is 2.87 bits per heavy atom. The lowest BCUT2D eigenvalue weighted by Gasteiger charge is -2.17. The van der Waals surface area contributed by atoms with Crippen molar-refractivity contribution in [1.82, 2.24) is 29.5 Å². The highest BCUT2D eigenvalue weighted by molar-refractivity contribution is 6.06. The van der Waals surface area contributed by atoms with Crippen molar-refractivity contribution in [2.24, 2.45) is 0 Å². The molecule has 1 aromatic carbocycles. The number of carbonyl (C=O) groups is 1. The van der Waals surface area contributed by atoms with Crippen LogP contribution in [0.3, 0.4) is 0 Å². The zero-order valence-electron chi connectivity index (χ0n) is 18.2. The molecule has 1 atom stereocenters. The van der Waals surface area contributed by atoms with Crippen molar-refractivity contribution in [3.05, 3.63) is 52.2 Å². The molecule has 1 aliphatic heterocycles. The Morgan fingerprint density at radius 2 is 2.10 bits per heavy atom. The molecule has 0 aliphatic carbocycles. The van der Waals surface area contributed by atoms with Gasteiger partial charge < -0.3 is 15.0 Å². The van der Waals surface area contributed by atoms with E-state index in [0.29, 0.717) is 42.9 Å². The SMILES string of the molecule is COc1cc(C(=O)NC2CCc3nn(CCN(C)C)c(=O)n3CC2)c2ccccc2n1. The van der Waals surface area contributed by atoms with Crippen molar-refractivity contribution < 1.29 is 9.53 Å². The maximum atomic E-state index is 13.1. The summed E-state index contributed by atoms with van der Waals surface area (Å²) in [6.07, 6.45) is 2.06. The smallest absolute Gasteiger partial charge is 0.345 e. The fraction of sp³-hybridized carbons (Fsp3) is 0.455. The van der Waals surface area contributed by atoms with Crippen molar-refractivity contribution in [3.8, 4) is 5.88 Å². The number of hydrogen-bond donors (Lipinski definition) is 1. The van der Waals surface area contributed by atoms with Gasteiger partial charge in [-0.05, 0) is 33.0 Å². The highest BCUT2D eigenvalue weighted by atomic mass is 16.5. The number of benzene rings is 1. The highest BCUT2D eigenvalue weighted by Crippen LogP contribution is 2.22. The molecular weight excluding hydrogens is 396 g/mol. The molecule has 0 saturated carbocycles. The number of rotatable bonds is 6. The van der Waals surface area contributed by atoms with Gasteiger partial charge in [0.05, 0.1) is 24.7 Å². The minimum Gasteiger partial charge on any atom is -0.481 e. The standard InChI is InChI=1S/C22H28N6O3/c1-26(2)12-13-28-22(30)27-11-10-15(8-9-19(27)25-28)23-21(29)17-14-20(31-3)24-18-7-5-4-6-16(17)18/h4-7,14-15H,8-13H2,1-3H3,(H,23,29). The summed E-state index contributed by atoms with van der Waals surface area (Å²) in [6, 6.07) is 9.15. The van der Waals surface area contributed by atoms with Gasteiger partial charge in [-0.3, -0.25) is 9.36 Å². The van der Waals surface area contributed by atoms with Crippen LogP contribution in [0.2, 0.25) is 0 Å². The molecule has 0 spiro atoms. The van der Waals surface area contributed by atoms with E-state index in [-0.39, 0.29) is 17.6 Å². The van der Waals surface area contributed by atoms with Crippen LogP contribution < -0.4 is 15.7 Å². The Balaban J connectivity index is 1.48. The van der Waals surface area contributed by atoms with Crippen LogP contribution in [0, 0.1) is 0 Å². The molecule has 1 unspecified atom stereocenters. The van der Waals surface area contributed by atoms with Crippen LogP contribution in [0.25, 0.3) is 10.9 Å². The number of fused-ring (bicyclic) bond motifs is 2. The van der Waals surface area contributed by atoms with E-state index in [2.05, 4.69) is 15.4 Å². The lowest BCUT2D eigenvalue weighted by Crippen LogP contribution is -2.36.